The highest BCUT2D eigenvalue weighted by atomic mass is 35.5. The molecule has 114 valence electrons. The summed E-state index contributed by atoms with van der Waals surface area (Å²) in [4.78, 5) is 0. The number of methoxy groups -OCH3 is 1. The Kier molecular flexibility index (Phi) is 7.09. The van der Waals surface area contributed by atoms with Crippen molar-refractivity contribution in [2.75, 3.05) is 13.7 Å². The molecular formula is C15H30ClNO2. The molecule has 3 N–H and O–H groups in total. The Morgan fingerprint density at radius 2 is 1.74 bits per heavy atom. The van der Waals surface area contributed by atoms with Crippen LogP contribution >= 0.6 is 12.4 Å². The molecule has 2 aliphatic rings. The predicted molar refractivity (Wildman–Crippen MR) is 80.6 cm³/mol. The monoisotopic (exact) mass is 291 g/mol. The molecule has 0 spiro atoms. The second kappa shape index (κ2) is 7.82. The Hall–Kier alpha value is 0.170. The van der Waals surface area contributed by atoms with Crippen molar-refractivity contribution < 1.29 is 9.84 Å². The van der Waals surface area contributed by atoms with Gasteiger partial charge in [-0.1, -0.05) is 19.3 Å². The maximum absolute atomic E-state index is 10.9. The zero-order chi connectivity index (χ0) is 13.0. The van der Waals surface area contributed by atoms with Gasteiger partial charge in [0, 0.05) is 13.0 Å². The summed E-state index contributed by atoms with van der Waals surface area (Å²) >= 11 is 0. The first-order valence-electron chi connectivity index (χ1n) is 7.65. The molecular weight excluding hydrogens is 262 g/mol. The van der Waals surface area contributed by atoms with E-state index in [-0.39, 0.29) is 12.4 Å². The molecule has 0 aromatic heterocycles. The van der Waals surface area contributed by atoms with E-state index < -0.39 is 5.60 Å². The highest BCUT2D eigenvalue weighted by Crippen LogP contribution is 2.42. The van der Waals surface area contributed by atoms with Crippen LogP contribution in [0.15, 0.2) is 0 Å². The van der Waals surface area contributed by atoms with Gasteiger partial charge in [-0.2, -0.15) is 0 Å². The molecule has 0 amide bonds. The van der Waals surface area contributed by atoms with Crippen molar-refractivity contribution in [3.63, 3.8) is 0 Å². The minimum atomic E-state index is -0.475. The van der Waals surface area contributed by atoms with Crippen LogP contribution in [-0.4, -0.2) is 30.5 Å². The standard InChI is InChI=1S/C15H29NO2.ClH/c1-18-13-7-5-12(6-8-13)14(11-16)15(17)9-3-2-4-10-15;/h12-14,17H,2-11,16H2,1H3;1H. The molecule has 1 unspecified atom stereocenters. The highest BCUT2D eigenvalue weighted by Gasteiger charge is 2.42. The van der Waals surface area contributed by atoms with Gasteiger partial charge < -0.3 is 15.6 Å². The number of nitrogens with two attached hydrogens (primary N) is 1. The lowest BCUT2D eigenvalue weighted by atomic mass is 9.66. The summed E-state index contributed by atoms with van der Waals surface area (Å²) < 4.78 is 5.43. The van der Waals surface area contributed by atoms with Gasteiger partial charge in [0.15, 0.2) is 0 Å². The fourth-order valence-electron chi connectivity index (χ4n) is 4.11. The molecule has 1 atom stereocenters. The van der Waals surface area contributed by atoms with Crippen LogP contribution in [0.3, 0.4) is 0 Å². The molecule has 2 rings (SSSR count). The summed E-state index contributed by atoms with van der Waals surface area (Å²) in [5.74, 6) is 0.903. The molecule has 2 fully saturated rings. The summed E-state index contributed by atoms with van der Waals surface area (Å²) in [5, 5.41) is 10.9. The molecule has 0 radical (unpaired) electrons. The number of rotatable bonds is 4. The zero-order valence-corrected chi connectivity index (χ0v) is 13.0. The van der Waals surface area contributed by atoms with Crippen LogP contribution in [0.25, 0.3) is 0 Å². The fraction of sp³-hybridized carbons (Fsp3) is 1.00. The van der Waals surface area contributed by atoms with E-state index in [2.05, 4.69) is 0 Å². The Morgan fingerprint density at radius 1 is 1.16 bits per heavy atom. The van der Waals surface area contributed by atoms with E-state index in [0.29, 0.717) is 24.5 Å². The van der Waals surface area contributed by atoms with Gasteiger partial charge in [0.1, 0.15) is 0 Å². The quantitative estimate of drug-likeness (QED) is 0.837. The van der Waals surface area contributed by atoms with Crippen LogP contribution in [0.4, 0.5) is 0 Å². The average Bonchev–Trinajstić information content (AvgIpc) is 2.41. The Bertz CT molecular complexity index is 249. The maximum Gasteiger partial charge on any atom is 0.0690 e. The normalized spacial score (nSPS) is 32.4. The lowest BCUT2D eigenvalue weighted by Gasteiger charge is -2.44. The topological polar surface area (TPSA) is 55.5 Å². The van der Waals surface area contributed by atoms with Gasteiger partial charge >= 0.3 is 0 Å². The molecule has 3 nitrogen and oxygen atoms in total. The molecule has 0 aliphatic heterocycles. The molecule has 4 heteroatoms. The van der Waals surface area contributed by atoms with E-state index in [9.17, 15) is 5.11 Å². The number of hydrogen-bond acceptors (Lipinski definition) is 3. The van der Waals surface area contributed by atoms with E-state index in [1.54, 1.807) is 7.11 Å². The Labute approximate surface area is 123 Å². The van der Waals surface area contributed by atoms with Gasteiger partial charge in [0.05, 0.1) is 11.7 Å². The van der Waals surface area contributed by atoms with Gasteiger partial charge in [-0.15, -0.1) is 12.4 Å². The predicted octanol–water partition coefficient (Wildman–Crippen LogP) is 2.88. The number of hydrogen-bond donors (Lipinski definition) is 2. The van der Waals surface area contributed by atoms with Gasteiger partial charge in [-0.3, -0.25) is 0 Å². The minimum absolute atomic E-state index is 0. The molecule has 0 saturated heterocycles. The van der Waals surface area contributed by atoms with E-state index in [1.807, 2.05) is 0 Å². The van der Waals surface area contributed by atoms with Gasteiger partial charge in [0.25, 0.3) is 0 Å². The second-order valence-corrected chi connectivity index (χ2v) is 6.28. The van der Waals surface area contributed by atoms with Crippen molar-refractivity contribution in [3.05, 3.63) is 0 Å². The Morgan fingerprint density at radius 3 is 2.21 bits per heavy atom. The van der Waals surface area contributed by atoms with Gasteiger partial charge in [-0.25, -0.2) is 0 Å². The second-order valence-electron chi connectivity index (χ2n) is 6.28. The third-order valence-electron chi connectivity index (χ3n) is 5.28. The van der Waals surface area contributed by atoms with E-state index in [0.717, 1.165) is 25.7 Å². The molecule has 0 aromatic carbocycles. The number of ether oxygens (including phenoxy) is 1. The summed E-state index contributed by atoms with van der Waals surface area (Å²) in [6, 6.07) is 0. The zero-order valence-electron chi connectivity index (χ0n) is 12.1. The first-order valence-corrected chi connectivity index (χ1v) is 7.65. The minimum Gasteiger partial charge on any atom is -0.390 e. The van der Waals surface area contributed by atoms with Crippen LogP contribution in [0, 0.1) is 11.8 Å². The maximum atomic E-state index is 10.9. The molecule has 2 aliphatic carbocycles. The molecule has 2 saturated carbocycles. The first kappa shape index (κ1) is 17.2. The Balaban J connectivity index is 0.00000180. The van der Waals surface area contributed by atoms with Crippen molar-refractivity contribution in [2.24, 2.45) is 17.6 Å². The van der Waals surface area contributed by atoms with Crippen LogP contribution in [0.2, 0.25) is 0 Å². The van der Waals surface area contributed by atoms with E-state index in [1.165, 1.54) is 32.1 Å². The number of aliphatic hydroxyl groups is 1. The molecule has 19 heavy (non-hydrogen) atoms. The fourth-order valence-corrected chi connectivity index (χ4v) is 4.11. The van der Waals surface area contributed by atoms with Crippen LogP contribution in [0.5, 0.6) is 0 Å². The highest BCUT2D eigenvalue weighted by molar-refractivity contribution is 5.85. The molecule has 0 aromatic rings. The van der Waals surface area contributed by atoms with Crippen molar-refractivity contribution in [1.82, 2.24) is 0 Å². The molecule has 0 heterocycles. The van der Waals surface area contributed by atoms with Crippen LogP contribution < -0.4 is 5.73 Å². The largest absolute Gasteiger partial charge is 0.390 e. The van der Waals surface area contributed by atoms with E-state index >= 15 is 0 Å². The summed E-state index contributed by atoms with van der Waals surface area (Å²) in [5.41, 5.74) is 5.52. The third-order valence-corrected chi connectivity index (χ3v) is 5.28. The third kappa shape index (κ3) is 4.07. The summed E-state index contributed by atoms with van der Waals surface area (Å²) in [6.07, 6.45) is 10.6. The van der Waals surface area contributed by atoms with Gasteiger partial charge in [-0.05, 0) is 51.0 Å². The summed E-state index contributed by atoms with van der Waals surface area (Å²) in [6.45, 7) is 0.638. The first-order chi connectivity index (χ1) is 8.69. The van der Waals surface area contributed by atoms with E-state index in [4.69, 9.17) is 10.5 Å². The smallest absolute Gasteiger partial charge is 0.0690 e. The van der Waals surface area contributed by atoms with Crippen molar-refractivity contribution in [3.8, 4) is 0 Å². The lowest BCUT2D eigenvalue weighted by Crippen LogP contribution is -2.48. The van der Waals surface area contributed by atoms with Crippen molar-refractivity contribution in [2.45, 2.75) is 69.5 Å². The van der Waals surface area contributed by atoms with Gasteiger partial charge in [0.2, 0.25) is 0 Å². The molecule has 0 bridgehead atoms. The van der Waals surface area contributed by atoms with Crippen molar-refractivity contribution >= 4 is 12.4 Å². The average molecular weight is 292 g/mol. The van der Waals surface area contributed by atoms with Crippen LogP contribution in [0.1, 0.15) is 57.8 Å². The van der Waals surface area contributed by atoms with Crippen molar-refractivity contribution in [1.29, 1.82) is 0 Å². The number of halogens is 1. The lowest BCUT2D eigenvalue weighted by molar-refractivity contribution is -0.0785. The summed E-state index contributed by atoms with van der Waals surface area (Å²) in [7, 11) is 1.81. The SMILES string of the molecule is COC1CCC(C(CN)C2(O)CCCCC2)CC1.Cl. The van der Waals surface area contributed by atoms with Crippen LogP contribution in [-0.2, 0) is 4.74 Å².